The number of urea groups is 1. The average Bonchev–Trinajstić information content (AvgIpc) is 2.67. The summed E-state index contributed by atoms with van der Waals surface area (Å²) in [6.07, 6.45) is 0. The van der Waals surface area contributed by atoms with Crippen molar-refractivity contribution in [3.8, 4) is 0 Å². The number of hydrogen-bond donors (Lipinski definition) is 1. The number of hydrogen-bond acceptors (Lipinski definition) is 4. The maximum Gasteiger partial charge on any atom is 0.331 e. The number of carbonyl (C=O) groups excluding carboxylic acids is 3. The summed E-state index contributed by atoms with van der Waals surface area (Å²) in [7, 11) is 0. The lowest BCUT2D eigenvalue weighted by Gasteiger charge is -2.09. The SMILES string of the molecule is Cc1ccsc1CN1C(=O)NC(=O)C1=O. The Morgan fingerprint density at radius 1 is 1.40 bits per heavy atom. The van der Waals surface area contributed by atoms with Crippen molar-refractivity contribution in [3.63, 3.8) is 0 Å². The second-order valence-electron chi connectivity index (χ2n) is 3.18. The first kappa shape index (κ1) is 9.85. The quantitative estimate of drug-likeness (QED) is 0.592. The van der Waals surface area contributed by atoms with E-state index in [-0.39, 0.29) is 6.54 Å². The Labute approximate surface area is 89.7 Å². The molecule has 0 radical (unpaired) electrons. The maximum absolute atomic E-state index is 11.3. The fraction of sp³-hybridized carbons (Fsp3) is 0.222. The molecular weight excluding hydrogens is 216 g/mol. The van der Waals surface area contributed by atoms with Crippen LogP contribution in [0.15, 0.2) is 11.4 Å². The summed E-state index contributed by atoms with van der Waals surface area (Å²) >= 11 is 1.46. The van der Waals surface area contributed by atoms with Crippen LogP contribution in [0.1, 0.15) is 10.4 Å². The number of carbonyl (C=O) groups is 3. The number of aryl methyl sites for hydroxylation is 1. The highest BCUT2D eigenvalue weighted by molar-refractivity contribution is 7.10. The van der Waals surface area contributed by atoms with E-state index in [1.807, 2.05) is 23.7 Å². The van der Waals surface area contributed by atoms with Crippen LogP contribution < -0.4 is 5.32 Å². The predicted octanol–water partition coefficient (Wildman–Crippen LogP) is 0.635. The van der Waals surface area contributed by atoms with Crippen LogP contribution in [0.2, 0.25) is 0 Å². The molecule has 1 aliphatic heterocycles. The zero-order valence-electron chi connectivity index (χ0n) is 7.94. The molecule has 0 spiro atoms. The largest absolute Gasteiger partial charge is 0.331 e. The molecule has 0 aromatic carbocycles. The molecule has 4 amide bonds. The number of nitrogens with zero attached hydrogens (tertiary/aromatic N) is 1. The van der Waals surface area contributed by atoms with Crippen LogP contribution in [-0.4, -0.2) is 22.7 Å². The lowest BCUT2D eigenvalue weighted by atomic mass is 10.3. The van der Waals surface area contributed by atoms with E-state index in [9.17, 15) is 14.4 Å². The fourth-order valence-electron chi connectivity index (χ4n) is 1.29. The zero-order valence-corrected chi connectivity index (χ0v) is 8.76. The van der Waals surface area contributed by atoms with Gasteiger partial charge in [0.15, 0.2) is 0 Å². The van der Waals surface area contributed by atoms with Gasteiger partial charge < -0.3 is 0 Å². The van der Waals surface area contributed by atoms with Crippen LogP contribution in [0.3, 0.4) is 0 Å². The third-order valence-electron chi connectivity index (χ3n) is 2.17. The Bertz CT molecular complexity index is 452. The van der Waals surface area contributed by atoms with E-state index >= 15 is 0 Å². The van der Waals surface area contributed by atoms with Crippen molar-refractivity contribution in [2.24, 2.45) is 0 Å². The molecular formula is C9H8N2O3S. The van der Waals surface area contributed by atoms with E-state index in [1.54, 1.807) is 0 Å². The molecule has 15 heavy (non-hydrogen) atoms. The van der Waals surface area contributed by atoms with Gasteiger partial charge in [-0.05, 0) is 23.9 Å². The summed E-state index contributed by atoms with van der Waals surface area (Å²) in [6, 6.07) is 1.26. The summed E-state index contributed by atoms with van der Waals surface area (Å²) < 4.78 is 0. The van der Waals surface area contributed by atoms with E-state index in [4.69, 9.17) is 0 Å². The molecule has 1 aromatic rings. The molecule has 1 fully saturated rings. The minimum atomic E-state index is -0.853. The number of amides is 4. The molecule has 5 nitrogen and oxygen atoms in total. The number of thiophene rings is 1. The first-order valence-electron chi connectivity index (χ1n) is 4.29. The zero-order chi connectivity index (χ0) is 11.0. The highest BCUT2D eigenvalue weighted by Crippen LogP contribution is 2.19. The van der Waals surface area contributed by atoms with E-state index in [1.165, 1.54) is 11.3 Å². The van der Waals surface area contributed by atoms with Crippen molar-refractivity contribution in [2.45, 2.75) is 13.5 Å². The minimum Gasteiger partial charge on any atom is -0.269 e. The first-order valence-corrected chi connectivity index (χ1v) is 5.17. The molecule has 0 saturated carbocycles. The Balaban J connectivity index is 2.20. The molecule has 0 aliphatic carbocycles. The molecule has 0 unspecified atom stereocenters. The molecule has 1 N–H and O–H groups in total. The van der Waals surface area contributed by atoms with Crippen LogP contribution in [-0.2, 0) is 16.1 Å². The number of nitrogens with one attached hydrogen (secondary N) is 1. The smallest absolute Gasteiger partial charge is 0.269 e. The van der Waals surface area contributed by atoms with Crippen LogP contribution in [0.4, 0.5) is 4.79 Å². The minimum absolute atomic E-state index is 0.167. The van der Waals surface area contributed by atoms with Gasteiger partial charge in [-0.15, -0.1) is 11.3 Å². The molecule has 78 valence electrons. The van der Waals surface area contributed by atoms with Gasteiger partial charge >= 0.3 is 17.8 Å². The van der Waals surface area contributed by atoms with Crippen molar-refractivity contribution in [2.75, 3.05) is 0 Å². The second kappa shape index (κ2) is 3.47. The van der Waals surface area contributed by atoms with Crippen molar-refractivity contribution in [1.29, 1.82) is 0 Å². The maximum atomic E-state index is 11.3. The molecule has 2 rings (SSSR count). The summed E-state index contributed by atoms with van der Waals surface area (Å²) in [5.41, 5.74) is 1.01. The monoisotopic (exact) mass is 224 g/mol. The first-order chi connectivity index (χ1) is 7.09. The van der Waals surface area contributed by atoms with Gasteiger partial charge in [-0.3, -0.25) is 19.8 Å². The topological polar surface area (TPSA) is 66.5 Å². The van der Waals surface area contributed by atoms with Gasteiger partial charge in [-0.1, -0.05) is 0 Å². The van der Waals surface area contributed by atoms with Crippen LogP contribution in [0.25, 0.3) is 0 Å². The summed E-state index contributed by atoms with van der Waals surface area (Å²) in [4.78, 5) is 35.2. The predicted molar refractivity (Wildman–Crippen MR) is 53.1 cm³/mol. The highest BCUT2D eigenvalue weighted by Gasteiger charge is 2.36. The highest BCUT2D eigenvalue weighted by atomic mass is 32.1. The van der Waals surface area contributed by atoms with Crippen molar-refractivity contribution in [3.05, 3.63) is 21.9 Å². The Kier molecular flexibility index (Phi) is 2.28. The van der Waals surface area contributed by atoms with E-state index in [2.05, 4.69) is 0 Å². The Morgan fingerprint density at radius 2 is 2.13 bits per heavy atom. The van der Waals surface area contributed by atoms with E-state index < -0.39 is 17.8 Å². The average molecular weight is 224 g/mol. The fourth-order valence-corrected chi connectivity index (χ4v) is 2.18. The molecule has 1 aliphatic rings. The van der Waals surface area contributed by atoms with Crippen LogP contribution >= 0.6 is 11.3 Å². The molecule has 1 saturated heterocycles. The third-order valence-corrected chi connectivity index (χ3v) is 3.18. The second-order valence-corrected chi connectivity index (χ2v) is 4.18. The van der Waals surface area contributed by atoms with Gasteiger partial charge in [-0.2, -0.15) is 0 Å². The van der Waals surface area contributed by atoms with Crippen molar-refractivity contribution >= 4 is 29.2 Å². The number of rotatable bonds is 2. The van der Waals surface area contributed by atoms with Crippen LogP contribution in [0, 0.1) is 6.92 Å². The van der Waals surface area contributed by atoms with Crippen molar-refractivity contribution in [1.82, 2.24) is 10.2 Å². The third kappa shape index (κ3) is 1.63. The van der Waals surface area contributed by atoms with Gasteiger partial charge in [0, 0.05) is 4.88 Å². The normalized spacial score (nSPS) is 16.1. The number of imide groups is 2. The van der Waals surface area contributed by atoms with Gasteiger partial charge in [0.2, 0.25) is 0 Å². The standard InChI is InChI=1S/C9H8N2O3S/c1-5-2-3-15-6(5)4-11-8(13)7(12)10-9(11)14/h2-3H,4H2,1H3,(H,10,12,14). The Morgan fingerprint density at radius 3 is 2.60 bits per heavy atom. The Hall–Kier alpha value is -1.69. The molecule has 1 aromatic heterocycles. The molecule has 2 heterocycles. The summed E-state index contributed by atoms with van der Waals surface area (Å²) in [6.45, 7) is 2.06. The van der Waals surface area contributed by atoms with Gasteiger partial charge in [0.25, 0.3) is 0 Å². The molecule has 0 bridgehead atoms. The van der Waals surface area contributed by atoms with Gasteiger partial charge in [-0.25, -0.2) is 4.79 Å². The lowest BCUT2D eigenvalue weighted by molar-refractivity contribution is -0.140. The van der Waals surface area contributed by atoms with E-state index in [0.29, 0.717) is 0 Å². The van der Waals surface area contributed by atoms with Gasteiger partial charge in [0.05, 0.1) is 6.54 Å². The van der Waals surface area contributed by atoms with E-state index in [0.717, 1.165) is 15.3 Å². The molecule has 0 atom stereocenters. The summed E-state index contributed by atoms with van der Waals surface area (Å²) in [5.74, 6) is -1.64. The summed E-state index contributed by atoms with van der Waals surface area (Å²) in [5, 5.41) is 3.83. The van der Waals surface area contributed by atoms with Gasteiger partial charge in [0.1, 0.15) is 0 Å². The van der Waals surface area contributed by atoms with Crippen molar-refractivity contribution < 1.29 is 14.4 Å². The molecule has 6 heteroatoms. The van der Waals surface area contributed by atoms with Crippen LogP contribution in [0.5, 0.6) is 0 Å². The lowest BCUT2D eigenvalue weighted by Crippen LogP contribution is -2.30.